The van der Waals surface area contributed by atoms with E-state index in [1.165, 1.54) is 18.1 Å². The molecule has 0 saturated carbocycles. The first-order chi connectivity index (χ1) is 9.26. The van der Waals surface area contributed by atoms with Crippen LogP contribution in [0.25, 0.3) is 0 Å². The van der Waals surface area contributed by atoms with E-state index in [1.54, 1.807) is 6.92 Å². The van der Waals surface area contributed by atoms with Gasteiger partial charge < -0.3 is 10.4 Å². The first kappa shape index (κ1) is 16.2. The van der Waals surface area contributed by atoms with Crippen LogP contribution < -0.4 is 5.32 Å². The Kier molecular flexibility index (Phi) is 5.31. The minimum Gasteiger partial charge on any atom is -0.480 e. The van der Waals surface area contributed by atoms with Gasteiger partial charge in [-0.1, -0.05) is 36.2 Å². The third kappa shape index (κ3) is 4.37. The van der Waals surface area contributed by atoms with Crippen molar-refractivity contribution in [1.29, 1.82) is 0 Å². The zero-order valence-electron chi connectivity index (χ0n) is 12.6. The van der Waals surface area contributed by atoms with E-state index in [0.29, 0.717) is 19.3 Å². The van der Waals surface area contributed by atoms with E-state index in [4.69, 9.17) is 5.11 Å². The van der Waals surface area contributed by atoms with Gasteiger partial charge in [-0.2, -0.15) is 0 Å². The van der Waals surface area contributed by atoms with Crippen LogP contribution in [0.4, 0.5) is 0 Å². The van der Waals surface area contributed by atoms with Crippen LogP contribution >= 0.6 is 0 Å². The fraction of sp³-hybridized carbons (Fsp3) is 0.500. The zero-order valence-corrected chi connectivity index (χ0v) is 12.6. The highest BCUT2D eigenvalue weighted by Crippen LogP contribution is 2.13. The number of carbonyl (C=O) groups excluding carboxylic acids is 1. The Morgan fingerprint density at radius 3 is 2.20 bits per heavy atom. The number of hydrogen-bond donors (Lipinski definition) is 2. The van der Waals surface area contributed by atoms with E-state index in [2.05, 4.69) is 23.5 Å². The van der Waals surface area contributed by atoms with E-state index < -0.39 is 11.5 Å². The number of amides is 1. The van der Waals surface area contributed by atoms with Gasteiger partial charge in [0, 0.05) is 6.42 Å². The summed E-state index contributed by atoms with van der Waals surface area (Å²) in [4.78, 5) is 23.0. The predicted octanol–water partition coefficient (Wildman–Crippen LogP) is 2.61. The highest BCUT2D eigenvalue weighted by Gasteiger charge is 2.32. The first-order valence-electron chi connectivity index (χ1n) is 6.88. The molecular formula is C16H23NO3. The molecule has 1 amide bonds. The molecule has 1 aromatic carbocycles. The summed E-state index contributed by atoms with van der Waals surface area (Å²) in [6.45, 7) is 7.33. The normalized spacial score (nSPS) is 13.6. The molecule has 1 atom stereocenters. The van der Waals surface area contributed by atoms with E-state index in [9.17, 15) is 9.59 Å². The molecule has 2 N–H and O–H groups in total. The van der Waals surface area contributed by atoms with Crippen LogP contribution in [0.2, 0.25) is 0 Å². The number of aliphatic carboxylic acids is 1. The van der Waals surface area contributed by atoms with E-state index >= 15 is 0 Å². The monoisotopic (exact) mass is 277 g/mol. The minimum atomic E-state index is -1.18. The van der Waals surface area contributed by atoms with E-state index in [0.717, 1.165) is 5.56 Å². The fourth-order valence-corrected chi connectivity index (χ4v) is 2.13. The molecule has 0 aliphatic rings. The molecule has 4 nitrogen and oxygen atoms in total. The topological polar surface area (TPSA) is 66.4 Å². The lowest BCUT2D eigenvalue weighted by Crippen LogP contribution is -2.51. The van der Waals surface area contributed by atoms with Crippen LogP contribution in [0.1, 0.15) is 43.4 Å². The summed E-state index contributed by atoms with van der Waals surface area (Å²) in [6.07, 6.45) is 1.27. The molecule has 0 spiro atoms. The largest absolute Gasteiger partial charge is 0.480 e. The molecule has 0 aromatic heterocycles. The molecule has 0 saturated heterocycles. The Bertz CT molecular complexity index is 490. The second kappa shape index (κ2) is 6.55. The summed E-state index contributed by atoms with van der Waals surface area (Å²) in [5.74, 6) is -1.23. The van der Waals surface area contributed by atoms with Crippen molar-refractivity contribution in [2.75, 3.05) is 0 Å². The quantitative estimate of drug-likeness (QED) is 0.840. The van der Waals surface area contributed by atoms with Gasteiger partial charge in [-0.05, 0) is 39.2 Å². The van der Waals surface area contributed by atoms with Gasteiger partial charge in [-0.3, -0.25) is 4.79 Å². The van der Waals surface area contributed by atoms with Crippen molar-refractivity contribution in [3.8, 4) is 0 Å². The predicted molar refractivity (Wildman–Crippen MR) is 78.7 cm³/mol. The molecule has 1 rings (SSSR count). The first-order valence-corrected chi connectivity index (χ1v) is 6.88. The molecule has 0 radical (unpaired) electrons. The van der Waals surface area contributed by atoms with Gasteiger partial charge in [-0.25, -0.2) is 4.79 Å². The number of rotatable bonds is 6. The highest BCUT2D eigenvalue weighted by atomic mass is 16.4. The van der Waals surface area contributed by atoms with Crippen LogP contribution in [0.5, 0.6) is 0 Å². The zero-order chi connectivity index (χ0) is 15.3. The number of carboxylic acids is 1. The van der Waals surface area contributed by atoms with Gasteiger partial charge in [0.1, 0.15) is 5.54 Å². The lowest BCUT2D eigenvalue weighted by molar-refractivity contribution is -0.147. The van der Waals surface area contributed by atoms with Crippen molar-refractivity contribution in [2.24, 2.45) is 0 Å². The van der Waals surface area contributed by atoms with Crippen LogP contribution in [-0.4, -0.2) is 22.5 Å². The standard InChI is InChI=1S/C16H23NO3/c1-5-16(4,15(19)20)17-14(18)7-6-13-9-11(2)8-12(3)10-13/h8-10H,5-7H2,1-4H3,(H,17,18)(H,19,20). The number of carbonyl (C=O) groups is 2. The molecule has 0 bridgehead atoms. The summed E-state index contributed by atoms with van der Waals surface area (Å²) >= 11 is 0. The lowest BCUT2D eigenvalue weighted by atomic mass is 9.98. The number of aryl methyl sites for hydroxylation is 3. The van der Waals surface area contributed by atoms with Crippen LogP contribution in [0.15, 0.2) is 18.2 Å². The van der Waals surface area contributed by atoms with Crippen molar-refractivity contribution in [2.45, 2.75) is 52.5 Å². The maximum atomic E-state index is 11.9. The molecule has 110 valence electrons. The lowest BCUT2D eigenvalue weighted by Gasteiger charge is -2.24. The molecule has 0 aliphatic carbocycles. The summed E-state index contributed by atoms with van der Waals surface area (Å²) in [6, 6.07) is 6.19. The smallest absolute Gasteiger partial charge is 0.329 e. The Morgan fingerprint density at radius 1 is 1.20 bits per heavy atom. The van der Waals surface area contributed by atoms with Crippen molar-refractivity contribution in [3.63, 3.8) is 0 Å². The molecule has 1 aromatic rings. The van der Waals surface area contributed by atoms with E-state index in [-0.39, 0.29) is 5.91 Å². The van der Waals surface area contributed by atoms with Crippen molar-refractivity contribution in [1.82, 2.24) is 5.32 Å². The van der Waals surface area contributed by atoms with Crippen LogP contribution in [0.3, 0.4) is 0 Å². The summed E-state index contributed by atoms with van der Waals surface area (Å²) < 4.78 is 0. The van der Waals surface area contributed by atoms with Crippen molar-refractivity contribution < 1.29 is 14.7 Å². The average Bonchev–Trinajstić information content (AvgIpc) is 2.35. The molecule has 0 aliphatic heterocycles. The van der Waals surface area contributed by atoms with Crippen molar-refractivity contribution >= 4 is 11.9 Å². The molecule has 0 heterocycles. The van der Waals surface area contributed by atoms with Gasteiger partial charge in [0.05, 0.1) is 0 Å². The molecule has 20 heavy (non-hydrogen) atoms. The van der Waals surface area contributed by atoms with Gasteiger partial charge >= 0.3 is 5.97 Å². The number of benzene rings is 1. The SMILES string of the molecule is CCC(C)(NC(=O)CCc1cc(C)cc(C)c1)C(=O)O. The maximum absolute atomic E-state index is 11.9. The summed E-state index contributed by atoms with van der Waals surface area (Å²) in [5.41, 5.74) is 2.26. The Morgan fingerprint density at radius 2 is 1.75 bits per heavy atom. The second-order valence-corrected chi connectivity index (χ2v) is 5.53. The third-order valence-corrected chi connectivity index (χ3v) is 3.52. The summed E-state index contributed by atoms with van der Waals surface area (Å²) in [5, 5.41) is 11.7. The van der Waals surface area contributed by atoms with Crippen LogP contribution in [-0.2, 0) is 16.0 Å². The van der Waals surface area contributed by atoms with Gasteiger partial charge in [0.25, 0.3) is 0 Å². The van der Waals surface area contributed by atoms with Gasteiger partial charge in [0.2, 0.25) is 5.91 Å². The average molecular weight is 277 g/mol. The Labute approximate surface area is 120 Å². The number of carboxylic acid groups (broad SMARTS) is 1. The highest BCUT2D eigenvalue weighted by molar-refractivity contribution is 5.86. The fourth-order valence-electron chi connectivity index (χ4n) is 2.13. The summed E-state index contributed by atoms with van der Waals surface area (Å²) in [7, 11) is 0. The Hall–Kier alpha value is -1.84. The third-order valence-electron chi connectivity index (χ3n) is 3.52. The second-order valence-electron chi connectivity index (χ2n) is 5.53. The minimum absolute atomic E-state index is 0.226. The Balaban J connectivity index is 2.61. The molecule has 1 unspecified atom stereocenters. The molecule has 0 fully saturated rings. The van der Waals surface area contributed by atoms with Gasteiger partial charge in [-0.15, -0.1) is 0 Å². The van der Waals surface area contributed by atoms with Crippen LogP contribution in [0, 0.1) is 13.8 Å². The van der Waals surface area contributed by atoms with E-state index in [1.807, 2.05) is 13.8 Å². The number of hydrogen-bond acceptors (Lipinski definition) is 2. The van der Waals surface area contributed by atoms with Crippen molar-refractivity contribution in [3.05, 3.63) is 34.9 Å². The molecule has 4 heteroatoms. The maximum Gasteiger partial charge on any atom is 0.329 e. The molecular weight excluding hydrogens is 254 g/mol. The number of nitrogens with one attached hydrogen (secondary N) is 1. The van der Waals surface area contributed by atoms with Gasteiger partial charge in [0.15, 0.2) is 0 Å².